The van der Waals surface area contributed by atoms with Crippen LogP contribution in [-0.2, 0) is 4.74 Å². The SMILES string of the molecule is CCCOC(=O)Nc1nnc(C)s1. The number of rotatable bonds is 3. The molecule has 0 saturated heterocycles. The van der Waals surface area contributed by atoms with Crippen molar-refractivity contribution in [2.45, 2.75) is 20.3 Å². The highest BCUT2D eigenvalue weighted by Crippen LogP contribution is 2.13. The van der Waals surface area contributed by atoms with Gasteiger partial charge in [-0.2, -0.15) is 0 Å². The van der Waals surface area contributed by atoms with Crippen LogP contribution in [0, 0.1) is 6.92 Å². The van der Waals surface area contributed by atoms with E-state index < -0.39 is 6.09 Å². The molecule has 1 N–H and O–H groups in total. The maximum atomic E-state index is 11.0. The van der Waals surface area contributed by atoms with Gasteiger partial charge in [-0.25, -0.2) is 4.79 Å². The maximum absolute atomic E-state index is 11.0. The second kappa shape index (κ2) is 4.76. The van der Waals surface area contributed by atoms with Gasteiger partial charge in [0.25, 0.3) is 0 Å². The number of nitrogens with zero attached hydrogens (tertiary/aromatic N) is 2. The summed E-state index contributed by atoms with van der Waals surface area (Å²) in [5, 5.41) is 11.2. The largest absolute Gasteiger partial charge is 0.449 e. The van der Waals surface area contributed by atoms with Gasteiger partial charge in [0, 0.05) is 0 Å². The average Bonchev–Trinajstić information content (AvgIpc) is 2.48. The van der Waals surface area contributed by atoms with Gasteiger partial charge in [-0.3, -0.25) is 5.32 Å². The zero-order valence-corrected chi connectivity index (χ0v) is 8.35. The molecular formula is C7H11N3O2S. The molecule has 0 aliphatic heterocycles. The fourth-order valence-electron chi connectivity index (χ4n) is 0.665. The van der Waals surface area contributed by atoms with Gasteiger partial charge in [0.15, 0.2) is 0 Å². The van der Waals surface area contributed by atoms with E-state index in [-0.39, 0.29) is 0 Å². The zero-order valence-electron chi connectivity index (χ0n) is 7.53. The molecule has 0 aromatic carbocycles. The second-order valence-corrected chi connectivity index (χ2v) is 3.57. The molecule has 0 bridgehead atoms. The van der Waals surface area contributed by atoms with Crippen molar-refractivity contribution in [1.29, 1.82) is 0 Å². The molecule has 0 atom stereocenters. The van der Waals surface area contributed by atoms with Crippen molar-refractivity contribution in [2.24, 2.45) is 0 Å². The van der Waals surface area contributed by atoms with Gasteiger partial charge in [-0.1, -0.05) is 18.3 Å². The van der Waals surface area contributed by atoms with E-state index in [1.807, 2.05) is 13.8 Å². The Kier molecular flexibility index (Phi) is 3.63. The topological polar surface area (TPSA) is 64.1 Å². The van der Waals surface area contributed by atoms with E-state index >= 15 is 0 Å². The van der Waals surface area contributed by atoms with E-state index in [2.05, 4.69) is 15.5 Å². The van der Waals surface area contributed by atoms with E-state index in [1.54, 1.807) is 0 Å². The van der Waals surface area contributed by atoms with Crippen molar-refractivity contribution in [1.82, 2.24) is 10.2 Å². The zero-order chi connectivity index (χ0) is 9.68. The third-order valence-corrected chi connectivity index (χ3v) is 1.93. The van der Waals surface area contributed by atoms with Gasteiger partial charge >= 0.3 is 6.09 Å². The van der Waals surface area contributed by atoms with Gasteiger partial charge in [-0.05, 0) is 13.3 Å². The van der Waals surface area contributed by atoms with Crippen molar-refractivity contribution in [3.05, 3.63) is 5.01 Å². The Labute approximate surface area is 80.1 Å². The summed E-state index contributed by atoms with van der Waals surface area (Å²) >= 11 is 1.32. The lowest BCUT2D eigenvalue weighted by Crippen LogP contribution is -2.13. The fraction of sp³-hybridized carbons (Fsp3) is 0.571. The Bertz CT molecular complexity index is 287. The molecule has 1 heterocycles. The van der Waals surface area contributed by atoms with Crippen LogP contribution in [0.15, 0.2) is 0 Å². The van der Waals surface area contributed by atoms with Crippen molar-refractivity contribution in [3.63, 3.8) is 0 Å². The van der Waals surface area contributed by atoms with E-state index in [0.29, 0.717) is 11.7 Å². The normalized spacial score (nSPS) is 9.69. The Morgan fingerprint density at radius 1 is 1.62 bits per heavy atom. The molecule has 1 amide bonds. The van der Waals surface area contributed by atoms with Crippen LogP contribution in [0.1, 0.15) is 18.4 Å². The van der Waals surface area contributed by atoms with Gasteiger partial charge < -0.3 is 4.74 Å². The number of amides is 1. The molecule has 0 unspecified atom stereocenters. The predicted molar refractivity (Wildman–Crippen MR) is 49.9 cm³/mol. The number of carbonyl (C=O) groups is 1. The molecule has 1 rings (SSSR count). The molecular weight excluding hydrogens is 190 g/mol. The molecule has 0 spiro atoms. The Balaban J connectivity index is 2.36. The second-order valence-electron chi connectivity index (χ2n) is 2.39. The molecule has 0 aliphatic carbocycles. The summed E-state index contributed by atoms with van der Waals surface area (Å²) in [6.45, 7) is 4.17. The Hall–Kier alpha value is -1.17. The van der Waals surface area contributed by atoms with Crippen LogP contribution in [0.4, 0.5) is 9.93 Å². The minimum absolute atomic E-state index is 0.420. The molecule has 1 aromatic rings. The summed E-state index contributed by atoms with van der Waals surface area (Å²) in [5.74, 6) is 0. The van der Waals surface area contributed by atoms with Crippen molar-refractivity contribution < 1.29 is 9.53 Å². The highest BCUT2D eigenvalue weighted by molar-refractivity contribution is 7.15. The standard InChI is InChI=1S/C7H11N3O2S/c1-3-4-12-7(11)8-6-10-9-5(2)13-6/h3-4H2,1-2H3,(H,8,10,11). The number of hydrogen-bond donors (Lipinski definition) is 1. The van der Waals surface area contributed by atoms with E-state index in [0.717, 1.165) is 11.4 Å². The highest BCUT2D eigenvalue weighted by atomic mass is 32.1. The maximum Gasteiger partial charge on any atom is 0.413 e. The number of carbonyl (C=O) groups excluding carboxylic acids is 1. The molecule has 0 radical (unpaired) electrons. The third kappa shape index (κ3) is 3.37. The van der Waals surface area contributed by atoms with Crippen molar-refractivity contribution in [3.8, 4) is 0 Å². The van der Waals surface area contributed by atoms with Crippen molar-refractivity contribution >= 4 is 22.6 Å². The van der Waals surface area contributed by atoms with E-state index in [4.69, 9.17) is 4.74 Å². The lowest BCUT2D eigenvalue weighted by atomic mass is 10.5. The monoisotopic (exact) mass is 201 g/mol. The molecule has 72 valence electrons. The number of aryl methyl sites for hydroxylation is 1. The molecule has 0 aliphatic rings. The fourth-order valence-corrected chi connectivity index (χ4v) is 1.24. The summed E-state index contributed by atoms with van der Waals surface area (Å²) in [7, 11) is 0. The Morgan fingerprint density at radius 2 is 2.38 bits per heavy atom. The van der Waals surface area contributed by atoms with Crippen LogP contribution in [0.3, 0.4) is 0 Å². The molecule has 0 saturated carbocycles. The van der Waals surface area contributed by atoms with Gasteiger partial charge in [-0.15, -0.1) is 10.2 Å². The molecule has 5 nitrogen and oxygen atoms in total. The Morgan fingerprint density at radius 3 is 2.92 bits per heavy atom. The first-order valence-corrected chi connectivity index (χ1v) is 4.78. The van der Waals surface area contributed by atoms with Gasteiger partial charge in [0.2, 0.25) is 5.13 Å². The number of ether oxygens (including phenoxy) is 1. The van der Waals surface area contributed by atoms with E-state index in [9.17, 15) is 4.79 Å². The summed E-state index contributed by atoms with van der Waals surface area (Å²) in [6.07, 6.45) is 0.334. The first-order chi connectivity index (χ1) is 6.22. The van der Waals surface area contributed by atoms with Crippen LogP contribution in [0.25, 0.3) is 0 Å². The number of aromatic nitrogens is 2. The van der Waals surface area contributed by atoms with Crippen LogP contribution in [-0.4, -0.2) is 22.9 Å². The molecule has 6 heteroatoms. The first-order valence-electron chi connectivity index (χ1n) is 3.96. The van der Waals surface area contributed by atoms with Crippen LogP contribution in [0.5, 0.6) is 0 Å². The lowest BCUT2D eigenvalue weighted by molar-refractivity contribution is 0.161. The van der Waals surface area contributed by atoms with Gasteiger partial charge in [0.05, 0.1) is 6.61 Å². The van der Waals surface area contributed by atoms with Gasteiger partial charge in [0.1, 0.15) is 5.01 Å². The van der Waals surface area contributed by atoms with Crippen molar-refractivity contribution in [2.75, 3.05) is 11.9 Å². The predicted octanol–water partition coefficient (Wildman–Crippen LogP) is 1.81. The lowest BCUT2D eigenvalue weighted by Gasteiger charge is -2.01. The number of anilines is 1. The quantitative estimate of drug-likeness (QED) is 0.810. The molecule has 0 fully saturated rings. The minimum Gasteiger partial charge on any atom is -0.449 e. The summed E-state index contributed by atoms with van der Waals surface area (Å²) in [5.41, 5.74) is 0. The summed E-state index contributed by atoms with van der Waals surface area (Å²) in [6, 6.07) is 0. The minimum atomic E-state index is -0.474. The van der Waals surface area contributed by atoms with Crippen LogP contribution >= 0.6 is 11.3 Å². The summed E-state index contributed by atoms with van der Waals surface area (Å²) < 4.78 is 4.79. The smallest absolute Gasteiger partial charge is 0.413 e. The molecule has 1 aromatic heterocycles. The average molecular weight is 201 g/mol. The van der Waals surface area contributed by atoms with E-state index in [1.165, 1.54) is 11.3 Å². The summed E-state index contributed by atoms with van der Waals surface area (Å²) in [4.78, 5) is 11.0. The third-order valence-electron chi connectivity index (χ3n) is 1.17. The van der Waals surface area contributed by atoms with Crippen LogP contribution in [0.2, 0.25) is 0 Å². The number of hydrogen-bond acceptors (Lipinski definition) is 5. The first kappa shape index (κ1) is 9.91. The molecule has 13 heavy (non-hydrogen) atoms. The number of nitrogens with one attached hydrogen (secondary N) is 1. The van der Waals surface area contributed by atoms with Crippen LogP contribution < -0.4 is 5.32 Å². The highest BCUT2D eigenvalue weighted by Gasteiger charge is 2.05.